The Morgan fingerprint density at radius 3 is 2.61 bits per heavy atom. The molecule has 0 saturated carbocycles. The van der Waals surface area contributed by atoms with Crippen molar-refractivity contribution < 1.29 is 9.32 Å². The zero-order valence-electron chi connectivity index (χ0n) is 17.9. The predicted molar refractivity (Wildman–Crippen MR) is 119 cm³/mol. The van der Waals surface area contributed by atoms with Crippen LogP contribution in [0.25, 0.3) is 33.9 Å². The largest absolute Gasteiger partial charge is 0.334 e. The summed E-state index contributed by atoms with van der Waals surface area (Å²) in [6, 6.07) is 11.2. The first kappa shape index (κ1) is 20.5. The van der Waals surface area contributed by atoms with Gasteiger partial charge in [0.05, 0.1) is 11.0 Å². The number of carbonyl (C=O) groups excluding carboxylic acids is 1. The second-order valence-corrected chi connectivity index (χ2v) is 7.49. The summed E-state index contributed by atoms with van der Waals surface area (Å²) in [5.41, 5.74) is 4.96. The van der Waals surface area contributed by atoms with Crippen molar-refractivity contribution in [2.45, 2.75) is 40.7 Å². The van der Waals surface area contributed by atoms with Crippen molar-refractivity contribution in [3.05, 3.63) is 58.0 Å². The number of aryl methyl sites for hydroxylation is 3. The van der Waals surface area contributed by atoms with Crippen molar-refractivity contribution in [3.8, 4) is 22.8 Å². The van der Waals surface area contributed by atoms with Gasteiger partial charge in [-0.05, 0) is 56.2 Å². The fourth-order valence-corrected chi connectivity index (χ4v) is 3.50. The Hall–Kier alpha value is -3.81. The Balaban J connectivity index is 1.73. The summed E-state index contributed by atoms with van der Waals surface area (Å²) in [6.45, 7) is 7.76. The van der Waals surface area contributed by atoms with Gasteiger partial charge in [0.1, 0.15) is 5.69 Å². The number of fused-ring (bicyclic) bond motifs is 1. The van der Waals surface area contributed by atoms with Crippen LogP contribution in [0.2, 0.25) is 0 Å². The Bertz CT molecular complexity index is 1350. The average Bonchev–Trinajstić information content (AvgIpc) is 3.22. The maximum Gasteiger partial charge on any atom is 0.272 e. The summed E-state index contributed by atoms with van der Waals surface area (Å²) in [5.74, 6) is 0.625. The van der Waals surface area contributed by atoms with E-state index < -0.39 is 0 Å². The van der Waals surface area contributed by atoms with Crippen molar-refractivity contribution in [1.82, 2.24) is 19.7 Å². The monoisotopic (exact) mass is 417 g/mol. The van der Waals surface area contributed by atoms with E-state index in [1.54, 1.807) is 11.5 Å². The van der Waals surface area contributed by atoms with Crippen LogP contribution < -0.4 is 10.9 Å². The van der Waals surface area contributed by atoms with Crippen LogP contribution in [0.3, 0.4) is 0 Å². The minimum absolute atomic E-state index is 0.0710. The van der Waals surface area contributed by atoms with E-state index in [1.165, 1.54) is 6.92 Å². The van der Waals surface area contributed by atoms with Crippen LogP contribution in [0, 0.1) is 13.8 Å². The third-order valence-electron chi connectivity index (χ3n) is 5.04. The van der Waals surface area contributed by atoms with Crippen LogP contribution in [-0.4, -0.2) is 25.6 Å². The van der Waals surface area contributed by atoms with E-state index in [0.717, 1.165) is 23.1 Å². The molecule has 8 nitrogen and oxygen atoms in total. The summed E-state index contributed by atoms with van der Waals surface area (Å²) in [5, 5.41) is 6.91. The molecule has 0 aliphatic heterocycles. The van der Waals surface area contributed by atoms with E-state index in [-0.39, 0.29) is 11.5 Å². The second-order valence-electron chi connectivity index (χ2n) is 7.49. The highest BCUT2D eigenvalue weighted by molar-refractivity contribution is 5.90. The van der Waals surface area contributed by atoms with Crippen molar-refractivity contribution in [1.29, 1.82) is 0 Å². The highest BCUT2D eigenvalue weighted by Crippen LogP contribution is 2.27. The van der Waals surface area contributed by atoms with E-state index in [2.05, 4.69) is 20.4 Å². The molecule has 0 fully saturated rings. The SMILES string of the molecule is CCCn1c(=O)c(C)nc2cc(-c3noc(-c4ccc(C)c(NC(C)=O)c4)n3)ccc21. The fraction of sp³-hybridized carbons (Fsp3) is 0.261. The van der Waals surface area contributed by atoms with Gasteiger partial charge in [-0.15, -0.1) is 0 Å². The highest BCUT2D eigenvalue weighted by atomic mass is 16.5. The Labute approximate surface area is 178 Å². The number of rotatable bonds is 5. The maximum atomic E-state index is 12.4. The lowest BCUT2D eigenvalue weighted by molar-refractivity contribution is -0.114. The highest BCUT2D eigenvalue weighted by Gasteiger charge is 2.15. The van der Waals surface area contributed by atoms with Crippen molar-refractivity contribution >= 4 is 22.6 Å². The lowest BCUT2D eigenvalue weighted by Crippen LogP contribution is -2.24. The van der Waals surface area contributed by atoms with Crippen LogP contribution in [0.5, 0.6) is 0 Å². The van der Waals surface area contributed by atoms with Crippen LogP contribution in [0.4, 0.5) is 5.69 Å². The average molecular weight is 417 g/mol. The van der Waals surface area contributed by atoms with E-state index in [4.69, 9.17) is 4.52 Å². The number of nitrogens with zero attached hydrogens (tertiary/aromatic N) is 4. The molecule has 1 amide bonds. The molecule has 2 aromatic heterocycles. The standard InChI is InChI=1S/C23H23N5O3/c1-5-10-28-20-9-8-16(11-19(20)24-14(3)23(28)30)21-26-22(31-27-21)17-7-6-13(2)18(12-17)25-15(4)29/h6-9,11-12H,5,10H2,1-4H3,(H,25,29). The number of amides is 1. The smallest absolute Gasteiger partial charge is 0.272 e. The number of benzene rings is 2. The molecule has 158 valence electrons. The maximum absolute atomic E-state index is 12.4. The molecule has 31 heavy (non-hydrogen) atoms. The third kappa shape index (κ3) is 3.96. The number of carbonyl (C=O) groups is 1. The topological polar surface area (TPSA) is 103 Å². The van der Waals surface area contributed by atoms with Gasteiger partial charge in [0.2, 0.25) is 11.7 Å². The van der Waals surface area contributed by atoms with E-state index in [1.807, 2.05) is 50.2 Å². The molecule has 0 aliphatic carbocycles. The molecule has 2 heterocycles. The first-order valence-electron chi connectivity index (χ1n) is 10.1. The molecule has 4 rings (SSSR count). The molecule has 4 aromatic rings. The van der Waals surface area contributed by atoms with Gasteiger partial charge in [0, 0.05) is 30.3 Å². The van der Waals surface area contributed by atoms with Gasteiger partial charge in [0.25, 0.3) is 11.4 Å². The van der Waals surface area contributed by atoms with Gasteiger partial charge < -0.3 is 14.4 Å². The summed E-state index contributed by atoms with van der Waals surface area (Å²) in [7, 11) is 0. The van der Waals surface area contributed by atoms with Gasteiger partial charge in [-0.3, -0.25) is 9.59 Å². The Kier molecular flexibility index (Phi) is 5.37. The summed E-state index contributed by atoms with van der Waals surface area (Å²) < 4.78 is 7.22. The molecule has 1 N–H and O–H groups in total. The lowest BCUT2D eigenvalue weighted by atomic mass is 10.1. The number of nitrogens with one attached hydrogen (secondary N) is 1. The normalized spacial score (nSPS) is 11.1. The molecular formula is C23H23N5O3. The number of hydrogen-bond donors (Lipinski definition) is 1. The van der Waals surface area contributed by atoms with E-state index >= 15 is 0 Å². The molecule has 8 heteroatoms. The molecule has 2 aromatic carbocycles. The van der Waals surface area contributed by atoms with Crippen LogP contribution in [0.1, 0.15) is 31.5 Å². The fourth-order valence-electron chi connectivity index (χ4n) is 3.50. The first-order valence-corrected chi connectivity index (χ1v) is 10.1. The first-order chi connectivity index (χ1) is 14.9. The second kappa shape index (κ2) is 8.14. The molecule has 0 unspecified atom stereocenters. The molecule has 0 spiro atoms. The van der Waals surface area contributed by atoms with Gasteiger partial charge in [-0.2, -0.15) is 4.98 Å². The van der Waals surface area contributed by atoms with Gasteiger partial charge in [0.15, 0.2) is 0 Å². The van der Waals surface area contributed by atoms with E-state index in [9.17, 15) is 9.59 Å². The van der Waals surface area contributed by atoms with Crippen LogP contribution in [0.15, 0.2) is 45.7 Å². The molecule has 0 bridgehead atoms. The summed E-state index contributed by atoms with van der Waals surface area (Å²) in [6.07, 6.45) is 0.853. The third-order valence-corrected chi connectivity index (χ3v) is 5.04. The van der Waals surface area contributed by atoms with Gasteiger partial charge in [-0.1, -0.05) is 18.1 Å². The minimum Gasteiger partial charge on any atom is -0.334 e. The van der Waals surface area contributed by atoms with Gasteiger partial charge in [-0.25, -0.2) is 4.98 Å². The molecule has 0 atom stereocenters. The summed E-state index contributed by atoms with van der Waals surface area (Å²) in [4.78, 5) is 32.8. The van der Waals surface area contributed by atoms with Crippen LogP contribution in [-0.2, 0) is 11.3 Å². The molecule has 0 saturated heterocycles. The lowest BCUT2D eigenvalue weighted by Gasteiger charge is -2.10. The molecule has 0 aliphatic rings. The van der Waals surface area contributed by atoms with Crippen molar-refractivity contribution in [3.63, 3.8) is 0 Å². The Morgan fingerprint density at radius 1 is 1.10 bits per heavy atom. The minimum atomic E-state index is -0.146. The molecule has 0 radical (unpaired) electrons. The van der Waals surface area contributed by atoms with E-state index in [0.29, 0.717) is 40.7 Å². The number of aromatic nitrogens is 4. The Morgan fingerprint density at radius 2 is 1.87 bits per heavy atom. The zero-order valence-corrected chi connectivity index (χ0v) is 17.9. The van der Waals surface area contributed by atoms with Crippen molar-refractivity contribution in [2.24, 2.45) is 0 Å². The van der Waals surface area contributed by atoms with Crippen molar-refractivity contribution in [2.75, 3.05) is 5.32 Å². The molecular weight excluding hydrogens is 394 g/mol. The zero-order chi connectivity index (χ0) is 22.1. The van der Waals surface area contributed by atoms with Crippen LogP contribution >= 0.6 is 0 Å². The number of hydrogen-bond acceptors (Lipinski definition) is 6. The quantitative estimate of drug-likeness (QED) is 0.524. The van der Waals surface area contributed by atoms with Gasteiger partial charge >= 0.3 is 0 Å². The number of anilines is 1. The summed E-state index contributed by atoms with van der Waals surface area (Å²) >= 11 is 0. The predicted octanol–water partition coefficient (Wildman–Crippen LogP) is 4.10.